The molecule has 0 spiro atoms. The van der Waals surface area contributed by atoms with E-state index in [2.05, 4.69) is 45.3 Å². The van der Waals surface area contributed by atoms with E-state index in [1.807, 2.05) is 6.92 Å². The van der Waals surface area contributed by atoms with E-state index in [1.54, 1.807) is 13.0 Å². The second kappa shape index (κ2) is 6.27. The highest BCUT2D eigenvalue weighted by Gasteiger charge is 2.27. The average molecular weight is 314 g/mol. The molecular weight excluding hydrogens is 294 g/mol. The summed E-state index contributed by atoms with van der Waals surface area (Å²) in [6.07, 6.45) is 1.77. The van der Waals surface area contributed by atoms with E-state index >= 15 is 0 Å². The predicted molar refractivity (Wildman–Crippen MR) is 76.1 cm³/mol. The number of amides is 1. The minimum absolute atomic E-state index is 0.0753. The zero-order chi connectivity index (χ0) is 13.8. The van der Waals surface area contributed by atoms with Crippen LogP contribution in [-0.4, -0.2) is 27.0 Å². The Morgan fingerprint density at radius 2 is 1.94 bits per heavy atom. The summed E-state index contributed by atoms with van der Waals surface area (Å²) in [7, 11) is 0. The second-order valence-corrected chi connectivity index (χ2v) is 5.12. The highest BCUT2D eigenvalue weighted by molar-refractivity contribution is 9.09. The Morgan fingerprint density at radius 3 is 2.44 bits per heavy atom. The lowest BCUT2D eigenvalue weighted by Gasteiger charge is -2.31. The highest BCUT2D eigenvalue weighted by Crippen LogP contribution is 2.19. The Balaban J connectivity index is 2.97. The number of carbonyl (C=O) groups excluding carboxylic acids is 1. The van der Waals surface area contributed by atoms with Gasteiger partial charge in [-0.05, 0) is 32.8 Å². The van der Waals surface area contributed by atoms with Crippen molar-refractivity contribution in [3.63, 3.8) is 0 Å². The summed E-state index contributed by atoms with van der Waals surface area (Å²) in [4.78, 5) is 12.3. The van der Waals surface area contributed by atoms with Crippen LogP contribution in [-0.2, 0) is 0 Å². The van der Waals surface area contributed by atoms with E-state index in [9.17, 15) is 4.79 Å². The van der Waals surface area contributed by atoms with Crippen LogP contribution in [0.25, 0.3) is 0 Å². The van der Waals surface area contributed by atoms with Crippen molar-refractivity contribution in [2.24, 2.45) is 0 Å². The molecule has 1 amide bonds. The molecule has 0 unspecified atom stereocenters. The molecule has 0 radical (unpaired) electrons. The summed E-state index contributed by atoms with van der Waals surface area (Å²) >= 11 is 3.48. The van der Waals surface area contributed by atoms with Crippen LogP contribution >= 0.6 is 15.9 Å². The molecule has 0 saturated heterocycles. The lowest BCUT2D eigenvalue weighted by atomic mass is 9.95. The van der Waals surface area contributed by atoms with Crippen LogP contribution in [0.1, 0.15) is 48.4 Å². The van der Waals surface area contributed by atoms with Gasteiger partial charge in [-0.15, -0.1) is 0 Å². The summed E-state index contributed by atoms with van der Waals surface area (Å²) in [6, 6.07) is 1.78. The fourth-order valence-corrected chi connectivity index (χ4v) is 2.67. The number of nitrogens with zero attached hydrogens (tertiary/aromatic N) is 2. The van der Waals surface area contributed by atoms with Crippen LogP contribution in [0.3, 0.4) is 0 Å². The van der Waals surface area contributed by atoms with Gasteiger partial charge in [0.05, 0.1) is 17.0 Å². The Hall–Kier alpha value is -0.970. The normalized spacial score (nSPS) is 11.4. The van der Waals surface area contributed by atoms with E-state index in [0.717, 1.165) is 23.9 Å². The molecule has 1 rings (SSSR count). The smallest absolute Gasteiger partial charge is 0.253 e. The van der Waals surface area contributed by atoms with Crippen molar-refractivity contribution in [2.75, 3.05) is 5.33 Å². The molecule has 0 bridgehead atoms. The first-order valence-electron chi connectivity index (χ1n) is 6.17. The van der Waals surface area contributed by atoms with Gasteiger partial charge in [-0.3, -0.25) is 4.79 Å². The predicted octanol–water partition coefficient (Wildman–Crippen LogP) is 2.78. The number of nitrogens with one attached hydrogen (secondary N) is 1. The third kappa shape index (κ3) is 3.28. The van der Waals surface area contributed by atoms with Crippen LogP contribution in [0.2, 0.25) is 0 Å². The fraction of sp³-hybridized carbons (Fsp3) is 0.615. The third-order valence-electron chi connectivity index (χ3n) is 3.33. The number of halogens is 1. The molecule has 0 aliphatic carbocycles. The zero-order valence-corrected chi connectivity index (χ0v) is 13.0. The van der Waals surface area contributed by atoms with Crippen LogP contribution in [0, 0.1) is 13.8 Å². The van der Waals surface area contributed by atoms with Gasteiger partial charge in [0.25, 0.3) is 5.91 Å². The summed E-state index contributed by atoms with van der Waals surface area (Å²) in [6.45, 7) is 7.79. The van der Waals surface area contributed by atoms with Crippen LogP contribution in [0.5, 0.6) is 0 Å². The van der Waals surface area contributed by atoms with Gasteiger partial charge in [0.1, 0.15) is 0 Å². The number of hydrogen-bond acceptors (Lipinski definition) is 3. The van der Waals surface area contributed by atoms with Gasteiger partial charge in [-0.1, -0.05) is 29.8 Å². The Bertz CT molecular complexity index is 422. The van der Waals surface area contributed by atoms with Gasteiger partial charge in [-0.2, -0.15) is 10.2 Å². The quantitative estimate of drug-likeness (QED) is 0.850. The van der Waals surface area contributed by atoms with Crippen LogP contribution in [0.15, 0.2) is 6.07 Å². The zero-order valence-electron chi connectivity index (χ0n) is 11.4. The largest absolute Gasteiger partial charge is 0.346 e. The van der Waals surface area contributed by atoms with Crippen molar-refractivity contribution in [1.82, 2.24) is 15.5 Å². The van der Waals surface area contributed by atoms with E-state index in [-0.39, 0.29) is 11.4 Å². The lowest BCUT2D eigenvalue weighted by Crippen LogP contribution is -2.49. The summed E-state index contributed by atoms with van der Waals surface area (Å²) < 4.78 is 0. The molecule has 1 N–H and O–H groups in total. The van der Waals surface area contributed by atoms with Gasteiger partial charge in [0, 0.05) is 10.9 Å². The molecule has 1 heterocycles. The van der Waals surface area contributed by atoms with Gasteiger partial charge in [0.15, 0.2) is 0 Å². The van der Waals surface area contributed by atoms with Crippen molar-refractivity contribution in [2.45, 2.75) is 46.1 Å². The third-order valence-corrected chi connectivity index (χ3v) is 4.41. The number of rotatable bonds is 5. The summed E-state index contributed by atoms with van der Waals surface area (Å²) in [5.41, 5.74) is 1.83. The first-order valence-corrected chi connectivity index (χ1v) is 7.29. The molecule has 1 aromatic heterocycles. The van der Waals surface area contributed by atoms with Crippen molar-refractivity contribution >= 4 is 21.8 Å². The van der Waals surface area contributed by atoms with Gasteiger partial charge < -0.3 is 5.32 Å². The molecule has 0 aliphatic rings. The first kappa shape index (κ1) is 15.1. The molecule has 0 saturated carbocycles. The summed E-state index contributed by atoms with van der Waals surface area (Å²) in [5.74, 6) is -0.0753. The van der Waals surface area contributed by atoms with E-state index in [0.29, 0.717) is 11.3 Å². The first-order chi connectivity index (χ1) is 8.48. The molecule has 0 aromatic carbocycles. The fourth-order valence-electron chi connectivity index (χ4n) is 1.74. The Morgan fingerprint density at radius 1 is 1.33 bits per heavy atom. The van der Waals surface area contributed by atoms with E-state index < -0.39 is 0 Å². The maximum atomic E-state index is 12.3. The van der Waals surface area contributed by atoms with Crippen molar-refractivity contribution in [1.29, 1.82) is 0 Å². The minimum Gasteiger partial charge on any atom is -0.346 e. The number of hydrogen-bond donors (Lipinski definition) is 1. The summed E-state index contributed by atoms with van der Waals surface area (Å²) in [5, 5.41) is 11.8. The van der Waals surface area contributed by atoms with Gasteiger partial charge >= 0.3 is 0 Å². The van der Waals surface area contributed by atoms with Gasteiger partial charge in [0.2, 0.25) is 0 Å². The molecule has 4 nitrogen and oxygen atoms in total. The van der Waals surface area contributed by atoms with Crippen molar-refractivity contribution in [3.8, 4) is 0 Å². The monoisotopic (exact) mass is 313 g/mol. The standard InChI is InChI=1S/C13H20BrN3O/c1-5-13(6-2,8-14)15-12(18)11-7-9(3)16-17-10(11)4/h7H,5-6,8H2,1-4H3,(H,15,18). The molecule has 0 atom stereocenters. The molecule has 100 valence electrons. The molecule has 5 heteroatoms. The topological polar surface area (TPSA) is 54.9 Å². The maximum absolute atomic E-state index is 12.3. The number of alkyl halides is 1. The average Bonchev–Trinajstić information content (AvgIpc) is 2.38. The lowest BCUT2D eigenvalue weighted by molar-refractivity contribution is 0.0902. The van der Waals surface area contributed by atoms with Crippen molar-refractivity contribution in [3.05, 3.63) is 23.0 Å². The highest BCUT2D eigenvalue weighted by atomic mass is 79.9. The number of aryl methyl sites for hydroxylation is 2. The molecule has 0 fully saturated rings. The second-order valence-electron chi connectivity index (χ2n) is 4.56. The number of aromatic nitrogens is 2. The molecule has 18 heavy (non-hydrogen) atoms. The SMILES string of the molecule is CCC(CC)(CBr)NC(=O)c1cc(C)nnc1C. The van der Waals surface area contributed by atoms with Gasteiger partial charge in [-0.25, -0.2) is 0 Å². The van der Waals surface area contributed by atoms with Crippen molar-refractivity contribution < 1.29 is 4.79 Å². The number of carbonyl (C=O) groups is 1. The Kier molecular flexibility index (Phi) is 5.26. The molecule has 1 aromatic rings. The Labute approximate surface area is 117 Å². The van der Waals surface area contributed by atoms with E-state index in [1.165, 1.54) is 0 Å². The van der Waals surface area contributed by atoms with Crippen LogP contribution in [0.4, 0.5) is 0 Å². The van der Waals surface area contributed by atoms with Crippen LogP contribution < -0.4 is 5.32 Å². The maximum Gasteiger partial charge on any atom is 0.253 e. The molecule has 0 aliphatic heterocycles. The molecular formula is C13H20BrN3O. The van der Waals surface area contributed by atoms with E-state index in [4.69, 9.17) is 0 Å². The minimum atomic E-state index is -0.194.